The van der Waals surface area contributed by atoms with E-state index < -0.39 is 0 Å². The zero-order valence-corrected chi connectivity index (χ0v) is 19.8. The average Bonchev–Trinajstić information content (AvgIpc) is 2.74. The molecule has 7 heteroatoms. The molecule has 0 atom stereocenters. The molecule has 0 bridgehead atoms. The number of nitrogens with zero attached hydrogens (tertiary/aromatic N) is 2. The number of aliphatic hydroxyl groups is 1. The predicted octanol–water partition coefficient (Wildman–Crippen LogP) is 3.31. The van der Waals surface area contributed by atoms with Crippen LogP contribution in [-0.4, -0.2) is 48.8 Å². The molecule has 0 radical (unpaired) electrons. The molecule has 2 aromatic carbocycles. The first-order valence-electron chi connectivity index (χ1n) is 10.3. The SMILES string of the molecule is CN=C(NCCc1ccccc1F)NCc1ccc(CN2CCC(O)CC2)cc1.I. The lowest BCUT2D eigenvalue weighted by molar-refractivity contribution is 0.0792. The van der Waals surface area contributed by atoms with Crippen molar-refractivity contribution in [2.24, 2.45) is 4.99 Å². The van der Waals surface area contributed by atoms with Crippen molar-refractivity contribution >= 4 is 29.9 Å². The topological polar surface area (TPSA) is 59.9 Å². The summed E-state index contributed by atoms with van der Waals surface area (Å²) in [7, 11) is 1.73. The number of nitrogens with one attached hydrogen (secondary N) is 2. The fourth-order valence-corrected chi connectivity index (χ4v) is 3.52. The summed E-state index contributed by atoms with van der Waals surface area (Å²) in [6.45, 7) is 4.14. The fraction of sp³-hybridized carbons (Fsp3) is 0.435. The minimum absolute atomic E-state index is 0. The fourth-order valence-electron chi connectivity index (χ4n) is 3.52. The second kappa shape index (κ2) is 12.9. The lowest BCUT2D eigenvalue weighted by atomic mass is 10.1. The van der Waals surface area contributed by atoms with Crippen LogP contribution in [0.15, 0.2) is 53.5 Å². The maximum Gasteiger partial charge on any atom is 0.191 e. The molecule has 0 spiro atoms. The van der Waals surface area contributed by atoms with Gasteiger partial charge in [-0.2, -0.15) is 0 Å². The smallest absolute Gasteiger partial charge is 0.191 e. The highest BCUT2D eigenvalue weighted by Crippen LogP contribution is 2.14. The van der Waals surface area contributed by atoms with Gasteiger partial charge in [-0.15, -0.1) is 24.0 Å². The number of hydrogen-bond donors (Lipinski definition) is 3. The van der Waals surface area contributed by atoms with Crippen LogP contribution in [0.3, 0.4) is 0 Å². The summed E-state index contributed by atoms with van der Waals surface area (Å²) in [6, 6.07) is 15.4. The van der Waals surface area contributed by atoms with Crippen molar-refractivity contribution < 1.29 is 9.50 Å². The van der Waals surface area contributed by atoms with Crippen molar-refractivity contribution in [1.29, 1.82) is 0 Å². The highest BCUT2D eigenvalue weighted by atomic mass is 127. The van der Waals surface area contributed by atoms with Crippen LogP contribution in [0.4, 0.5) is 4.39 Å². The number of hydrogen-bond acceptors (Lipinski definition) is 3. The zero-order chi connectivity index (χ0) is 20.5. The molecule has 0 aliphatic carbocycles. The van der Waals surface area contributed by atoms with Gasteiger partial charge in [0, 0.05) is 39.8 Å². The van der Waals surface area contributed by atoms with Gasteiger partial charge >= 0.3 is 0 Å². The summed E-state index contributed by atoms with van der Waals surface area (Å²) in [6.07, 6.45) is 2.21. The van der Waals surface area contributed by atoms with Crippen LogP contribution < -0.4 is 10.6 Å². The van der Waals surface area contributed by atoms with Gasteiger partial charge in [0.15, 0.2) is 5.96 Å². The maximum absolute atomic E-state index is 13.7. The van der Waals surface area contributed by atoms with Crippen LogP contribution in [0, 0.1) is 5.82 Å². The monoisotopic (exact) mass is 526 g/mol. The molecule has 1 aliphatic heterocycles. The molecule has 1 fully saturated rings. The van der Waals surface area contributed by atoms with Crippen LogP contribution in [0.25, 0.3) is 0 Å². The third-order valence-corrected chi connectivity index (χ3v) is 5.31. The van der Waals surface area contributed by atoms with Gasteiger partial charge < -0.3 is 15.7 Å². The Morgan fingerprint density at radius 3 is 2.40 bits per heavy atom. The first-order chi connectivity index (χ1) is 14.1. The van der Waals surface area contributed by atoms with Crippen molar-refractivity contribution in [1.82, 2.24) is 15.5 Å². The number of aliphatic hydroxyl groups excluding tert-OH is 1. The van der Waals surface area contributed by atoms with Gasteiger partial charge in [0.2, 0.25) is 0 Å². The molecule has 1 heterocycles. The highest BCUT2D eigenvalue weighted by molar-refractivity contribution is 14.0. The van der Waals surface area contributed by atoms with Gasteiger partial charge in [-0.1, -0.05) is 42.5 Å². The molecule has 0 saturated carbocycles. The molecular weight excluding hydrogens is 494 g/mol. The number of halogens is 2. The van der Waals surface area contributed by atoms with E-state index in [0.29, 0.717) is 31.0 Å². The average molecular weight is 526 g/mol. The van der Waals surface area contributed by atoms with E-state index in [0.717, 1.165) is 32.5 Å². The van der Waals surface area contributed by atoms with Crippen LogP contribution in [0.2, 0.25) is 0 Å². The number of guanidine groups is 1. The summed E-state index contributed by atoms with van der Waals surface area (Å²) >= 11 is 0. The van der Waals surface area contributed by atoms with Gasteiger partial charge in [0.05, 0.1) is 6.10 Å². The molecule has 164 valence electrons. The van der Waals surface area contributed by atoms with E-state index in [-0.39, 0.29) is 35.9 Å². The van der Waals surface area contributed by atoms with Crippen LogP contribution in [0.1, 0.15) is 29.5 Å². The lowest BCUT2D eigenvalue weighted by Gasteiger charge is -2.29. The Balaban J connectivity index is 0.00000320. The minimum Gasteiger partial charge on any atom is -0.393 e. The Labute approximate surface area is 195 Å². The van der Waals surface area contributed by atoms with Crippen molar-refractivity contribution in [2.45, 2.75) is 38.5 Å². The molecule has 0 amide bonds. The third-order valence-electron chi connectivity index (χ3n) is 5.31. The van der Waals surface area contributed by atoms with Crippen LogP contribution >= 0.6 is 24.0 Å². The molecule has 3 rings (SSSR count). The summed E-state index contributed by atoms with van der Waals surface area (Å²) < 4.78 is 13.7. The molecular formula is C23H32FIN4O. The number of aliphatic imine (C=N–C) groups is 1. The predicted molar refractivity (Wildman–Crippen MR) is 131 cm³/mol. The van der Waals surface area contributed by atoms with E-state index in [9.17, 15) is 9.50 Å². The second-order valence-corrected chi connectivity index (χ2v) is 7.52. The van der Waals surface area contributed by atoms with E-state index in [4.69, 9.17) is 0 Å². The quantitative estimate of drug-likeness (QED) is 0.295. The number of benzene rings is 2. The molecule has 0 unspecified atom stereocenters. The molecule has 1 aliphatic rings. The second-order valence-electron chi connectivity index (χ2n) is 7.52. The van der Waals surface area contributed by atoms with Gasteiger partial charge in [-0.25, -0.2) is 4.39 Å². The van der Waals surface area contributed by atoms with Crippen molar-refractivity contribution in [3.05, 3.63) is 71.0 Å². The Morgan fingerprint density at radius 1 is 1.07 bits per heavy atom. The van der Waals surface area contributed by atoms with Gasteiger partial charge in [-0.05, 0) is 42.0 Å². The van der Waals surface area contributed by atoms with Gasteiger partial charge in [-0.3, -0.25) is 9.89 Å². The normalized spacial score (nSPS) is 15.5. The van der Waals surface area contributed by atoms with Gasteiger partial charge in [0.25, 0.3) is 0 Å². The molecule has 1 saturated heterocycles. The molecule has 30 heavy (non-hydrogen) atoms. The van der Waals surface area contributed by atoms with E-state index in [1.807, 2.05) is 6.07 Å². The van der Waals surface area contributed by atoms with E-state index in [2.05, 4.69) is 44.8 Å². The number of rotatable bonds is 7. The Bertz CT molecular complexity index is 792. The highest BCUT2D eigenvalue weighted by Gasteiger charge is 2.16. The van der Waals surface area contributed by atoms with E-state index >= 15 is 0 Å². The Hall–Kier alpha value is -1.71. The van der Waals surface area contributed by atoms with Gasteiger partial charge in [0.1, 0.15) is 5.82 Å². The van der Waals surface area contributed by atoms with E-state index in [1.165, 1.54) is 17.2 Å². The summed E-state index contributed by atoms with van der Waals surface area (Å²) in [4.78, 5) is 6.62. The minimum atomic E-state index is -0.168. The first-order valence-corrected chi connectivity index (χ1v) is 10.3. The standard InChI is InChI=1S/C23H31FN4O.HI/c1-25-23(26-13-10-20-4-2-3-5-22(20)24)27-16-18-6-8-19(9-7-18)17-28-14-11-21(29)12-15-28;/h2-9,21,29H,10-17H2,1H3,(H2,25,26,27);1H. The number of piperidine rings is 1. The summed E-state index contributed by atoms with van der Waals surface area (Å²) in [5.41, 5.74) is 3.17. The molecule has 3 N–H and O–H groups in total. The first kappa shape index (κ1) is 24.6. The number of likely N-dealkylation sites (tertiary alicyclic amines) is 1. The van der Waals surface area contributed by atoms with Crippen LogP contribution in [-0.2, 0) is 19.5 Å². The zero-order valence-electron chi connectivity index (χ0n) is 17.5. The van der Waals surface area contributed by atoms with Crippen molar-refractivity contribution in [3.8, 4) is 0 Å². The maximum atomic E-state index is 13.7. The lowest BCUT2D eigenvalue weighted by Crippen LogP contribution is -2.38. The van der Waals surface area contributed by atoms with Crippen molar-refractivity contribution in [3.63, 3.8) is 0 Å². The molecule has 0 aromatic heterocycles. The molecule has 2 aromatic rings. The largest absolute Gasteiger partial charge is 0.393 e. The summed E-state index contributed by atoms with van der Waals surface area (Å²) in [5.74, 6) is 0.537. The van der Waals surface area contributed by atoms with E-state index in [1.54, 1.807) is 19.2 Å². The Morgan fingerprint density at radius 2 is 1.73 bits per heavy atom. The summed E-state index contributed by atoms with van der Waals surface area (Å²) in [5, 5.41) is 16.1. The van der Waals surface area contributed by atoms with Crippen LogP contribution in [0.5, 0.6) is 0 Å². The Kier molecular flexibility index (Phi) is 10.5. The van der Waals surface area contributed by atoms with Crippen molar-refractivity contribution in [2.75, 3.05) is 26.7 Å². The third kappa shape index (κ3) is 7.85. The molecule has 5 nitrogen and oxygen atoms in total.